The molecule has 1 amide bonds. The molecule has 0 aliphatic rings. The van der Waals surface area contributed by atoms with Crippen molar-refractivity contribution in [2.75, 3.05) is 6.61 Å². The molecule has 0 saturated carbocycles. The largest absolute Gasteiger partial charge is 0.432 e. The molecule has 0 aromatic carbocycles. The average Bonchev–Trinajstić information content (AvgIpc) is 2.16. The Labute approximate surface area is 96.5 Å². The normalized spacial score (nSPS) is 14.2. The summed E-state index contributed by atoms with van der Waals surface area (Å²) in [5.74, 6) is -0.667. The second-order valence-electron chi connectivity index (χ2n) is 3.64. The maximum absolute atomic E-state index is 11.3. The van der Waals surface area contributed by atoms with Gasteiger partial charge < -0.3 is 4.89 Å². The maximum Gasteiger partial charge on any atom is 0.432 e. The van der Waals surface area contributed by atoms with Gasteiger partial charge in [0, 0.05) is 5.57 Å². The monoisotopic (exact) mass is 249 g/mol. The molecule has 0 saturated heterocycles. The van der Waals surface area contributed by atoms with E-state index in [1.165, 1.54) is 6.92 Å². The van der Waals surface area contributed by atoms with Gasteiger partial charge in [-0.1, -0.05) is 32.8 Å². The molecule has 0 rings (SSSR count). The molecule has 16 heavy (non-hydrogen) atoms. The molecule has 0 radical (unpaired) electrons. The van der Waals surface area contributed by atoms with Crippen molar-refractivity contribution in [3.63, 3.8) is 0 Å². The van der Waals surface area contributed by atoms with Crippen LogP contribution in [0.25, 0.3) is 0 Å². The van der Waals surface area contributed by atoms with Crippen LogP contribution in [-0.2, 0) is 13.9 Å². The molecule has 2 N–H and O–H groups in total. The molecule has 5 nitrogen and oxygen atoms in total. The summed E-state index contributed by atoms with van der Waals surface area (Å²) in [6, 6.07) is 0. The predicted molar refractivity (Wildman–Crippen MR) is 62.9 cm³/mol. The van der Waals surface area contributed by atoms with Crippen molar-refractivity contribution in [3.8, 4) is 0 Å². The van der Waals surface area contributed by atoms with Crippen molar-refractivity contribution in [3.05, 3.63) is 12.2 Å². The Morgan fingerprint density at radius 2 is 2.06 bits per heavy atom. The van der Waals surface area contributed by atoms with E-state index in [0.717, 1.165) is 19.3 Å². The Morgan fingerprint density at radius 3 is 2.56 bits per heavy atom. The fourth-order valence-electron chi connectivity index (χ4n) is 0.973. The molecule has 0 aliphatic heterocycles. The lowest BCUT2D eigenvalue weighted by molar-refractivity contribution is -0.116. The highest BCUT2D eigenvalue weighted by molar-refractivity contribution is 7.51. The van der Waals surface area contributed by atoms with Gasteiger partial charge in [0.2, 0.25) is 0 Å². The molecule has 0 aliphatic carbocycles. The van der Waals surface area contributed by atoms with Crippen LogP contribution in [0.1, 0.15) is 39.5 Å². The molecule has 0 bridgehead atoms. The zero-order valence-electron chi connectivity index (χ0n) is 9.86. The summed E-state index contributed by atoms with van der Waals surface area (Å²) in [7, 11) is -4.01. The van der Waals surface area contributed by atoms with Crippen LogP contribution in [-0.4, -0.2) is 17.4 Å². The molecule has 1 unspecified atom stereocenters. The summed E-state index contributed by atoms with van der Waals surface area (Å²) in [4.78, 5) is 20.3. The van der Waals surface area contributed by atoms with E-state index < -0.39 is 13.7 Å². The second kappa shape index (κ2) is 7.60. The average molecular weight is 249 g/mol. The van der Waals surface area contributed by atoms with Gasteiger partial charge in [-0.25, -0.2) is 4.57 Å². The molecule has 0 spiro atoms. The van der Waals surface area contributed by atoms with Crippen molar-refractivity contribution >= 4 is 13.7 Å². The van der Waals surface area contributed by atoms with Gasteiger partial charge in [-0.05, 0) is 13.3 Å². The molecule has 0 heterocycles. The zero-order chi connectivity index (χ0) is 12.6. The van der Waals surface area contributed by atoms with Crippen LogP contribution in [0.3, 0.4) is 0 Å². The lowest BCUT2D eigenvalue weighted by Crippen LogP contribution is -2.21. The fourth-order valence-corrected chi connectivity index (χ4v) is 1.86. The minimum atomic E-state index is -4.01. The van der Waals surface area contributed by atoms with Crippen LogP contribution in [0, 0.1) is 0 Å². The van der Waals surface area contributed by atoms with E-state index in [2.05, 4.69) is 13.5 Å². The first-order valence-corrected chi connectivity index (χ1v) is 6.92. The lowest BCUT2D eigenvalue weighted by Gasteiger charge is -2.12. The van der Waals surface area contributed by atoms with Crippen molar-refractivity contribution in [1.29, 1.82) is 0 Å². The number of carbonyl (C=O) groups is 1. The Hall–Kier alpha value is -0.640. The van der Waals surface area contributed by atoms with Gasteiger partial charge in [0.1, 0.15) is 0 Å². The standard InChI is InChI=1S/C10H20NO4P/c1-4-5-6-7-8-15-16(13,14)11-10(12)9(2)3/h2,4-8H2,1,3H3,(H2,11,12,13,14). The van der Waals surface area contributed by atoms with Crippen LogP contribution in [0.15, 0.2) is 12.2 Å². The molecule has 0 aromatic heterocycles. The number of unbranched alkanes of at least 4 members (excludes halogenated alkanes) is 3. The fraction of sp³-hybridized carbons (Fsp3) is 0.700. The highest BCUT2D eigenvalue weighted by Gasteiger charge is 2.22. The van der Waals surface area contributed by atoms with Gasteiger partial charge in [0.15, 0.2) is 0 Å². The summed E-state index contributed by atoms with van der Waals surface area (Å²) in [5, 5.41) is 1.90. The first-order chi connectivity index (χ1) is 7.39. The van der Waals surface area contributed by atoms with E-state index in [0.29, 0.717) is 6.42 Å². The van der Waals surface area contributed by atoms with Crippen molar-refractivity contribution in [1.82, 2.24) is 5.09 Å². The van der Waals surface area contributed by atoms with Gasteiger partial charge in [0.05, 0.1) is 6.61 Å². The number of amides is 1. The van der Waals surface area contributed by atoms with E-state index in [4.69, 9.17) is 4.52 Å². The van der Waals surface area contributed by atoms with Crippen LogP contribution in [0.4, 0.5) is 0 Å². The Kier molecular flexibility index (Phi) is 7.30. The number of hydrogen-bond acceptors (Lipinski definition) is 3. The highest BCUT2D eigenvalue weighted by atomic mass is 31.2. The summed E-state index contributed by atoms with van der Waals surface area (Å²) in [6.45, 7) is 7.06. The second-order valence-corrected chi connectivity index (χ2v) is 5.16. The SMILES string of the molecule is C=C(C)C(=O)NP(=O)(O)OCCCCCC. The summed E-state index contributed by atoms with van der Waals surface area (Å²) >= 11 is 0. The highest BCUT2D eigenvalue weighted by Crippen LogP contribution is 2.37. The van der Waals surface area contributed by atoms with E-state index in [-0.39, 0.29) is 12.2 Å². The van der Waals surface area contributed by atoms with Crippen LogP contribution < -0.4 is 5.09 Å². The first kappa shape index (κ1) is 15.4. The molecular weight excluding hydrogens is 229 g/mol. The number of carbonyl (C=O) groups excluding carboxylic acids is 1. The molecular formula is C10H20NO4P. The Balaban J connectivity index is 3.83. The van der Waals surface area contributed by atoms with E-state index >= 15 is 0 Å². The zero-order valence-corrected chi connectivity index (χ0v) is 10.8. The first-order valence-electron chi connectivity index (χ1n) is 5.34. The third kappa shape index (κ3) is 7.63. The van der Waals surface area contributed by atoms with Crippen LogP contribution in [0.2, 0.25) is 0 Å². The van der Waals surface area contributed by atoms with Crippen molar-refractivity contribution in [2.24, 2.45) is 0 Å². The Bertz CT molecular complexity index is 291. The smallest absolute Gasteiger partial charge is 0.308 e. The molecule has 6 heteroatoms. The van der Waals surface area contributed by atoms with Crippen LogP contribution >= 0.6 is 7.75 Å². The van der Waals surface area contributed by atoms with Crippen LogP contribution in [0.5, 0.6) is 0 Å². The maximum atomic E-state index is 11.3. The number of rotatable bonds is 8. The van der Waals surface area contributed by atoms with E-state index in [1.807, 2.05) is 5.09 Å². The van der Waals surface area contributed by atoms with Crippen molar-refractivity contribution in [2.45, 2.75) is 39.5 Å². The van der Waals surface area contributed by atoms with Gasteiger partial charge in [-0.15, -0.1) is 0 Å². The molecule has 0 fully saturated rings. The van der Waals surface area contributed by atoms with Crippen molar-refractivity contribution < 1.29 is 18.8 Å². The molecule has 1 atom stereocenters. The molecule has 0 aromatic rings. The van der Waals surface area contributed by atoms with Gasteiger partial charge in [-0.3, -0.25) is 14.4 Å². The third-order valence-electron chi connectivity index (χ3n) is 1.89. The predicted octanol–water partition coefficient (Wildman–Crippen LogP) is 2.38. The summed E-state index contributed by atoms with van der Waals surface area (Å²) in [6.07, 6.45) is 3.81. The number of hydrogen-bond donors (Lipinski definition) is 2. The third-order valence-corrected chi connectivity index (χ3v) is 2.91. The summed E-state index contributed by atoms with van der Waals surface area (Å²) in [5.41, 5.74) is 0.170. The van der Waals surface area contributed by atoms with E-state index in [1.54, 1.807) is 0 Å². The Morgan fingerprint density at radius 1 is 1.44 bits per heavy atom. The minimum Gasteiger partial charge on any atom is -0.308 e. The number of nitrogens with one attached hydrogen (secondary N) is 1. The quantitative estimate of drug-likeness (QED) is 0.393. The topological polar surface area (TPSA) is 75.6 Å². The summed E-state index contributed by atoms with van der Waals surface area (Å²) < 4.78 is 16.1. The lowest BCUT2D eigenvalue weighted by atomic mass is 10.2. The van der Waals surface area contributed by atoms with E-state index in [9.17, 15) is 14.3 Å². The minimum absolute atomic E-state index is 0.170. The van der Waals surface area contributed by atoms with Gasteiger partial charge in [0.25, 0.3) is 5.91 Å². The van der Waals surface area contributed by atoms with Gasteiger partial charge in [-0.2, -0.15) is 0 Å². The molecule has 94 valence electrons. The van der Waals surface area contributed by atoms with Gasteiger partial charge >= 0.3 is 7.75 Å².